The van der Waals surface area contributed by atoms with Crippen molar-refractivity contribution in [2.24, 2.45) is 11.8 Å². The standard InChI is InChI=1S/C16H27N3O2/c1-2-20-15(13-6-4-3-5-7-13)16-18-14(21-19-16)11-17-10-12-8-9-12/h12-13,15,17H,2-11H2,1H3. The zero-order valence-electron chi connectivity index (χ0n) is 13.0. The van der Waals surface area contributed by atoms with Crippen molar-refractivity contribution in [1.82, 2.24) is 15.5 Å². The van der Waals surface area contributed by atoms with Crippen LogP contribution >= 0.6 is 0 Å². The molecule has 0 saturated heterocycles. The second-order valence-corrected chi connectivity index (χ2v) is 6.39. The fourth-order valence-electron chi connectivity index (χ4n) is 3.20. The van der Waals surface area contributed by atoms with Gasteiger partial charge in [-0.05, 0) is 51.0 Å². The Balaban J connectivity index is 1.57. The van der Waals surface area contributed by atoms with Crippen LogP contribution in [0.5, 0.6) is 0 Å². The van der Waals surface area contributed by atoms with Gasteiger partial charge in [-0.2, -0.15) is 4.98 Å². The lowest BCUT2D eigenvalue weighted by Gasteiger charge is -2.27. The molecule has 0 bridgehead atoms. The van der Waals surface area contributed by atoms with Gasteiger partial charge in [0.1, 0.15) is 6.10 Å². The minimum Gasteiger partial charge on any atom is -0.370 e. The van der Waals surface area contributed by atoms with Gasteiger partial charge in [-0.3, -0.25) is 0 Å². The van der Waals surface area contributed by atoms with E-state index in [0.29, 0.717) is 25.0 Å². The number of nitrogens with one attached hydrogen (secondary N) is 1. The highest BCUT2D eigenvalue weighted by Crippen LogP contribution is 2.35. The summed E-state index contributed by atoms with van der Waals surface area (Å²) in [5.41, 5.74) is 0. The van der Waals surface area contributed by atoms with Crippen molar-refractivity contribution in [3.05, 3.63) is 11.7 Å². The molecule has 118 valence electrons. The zero-order valence-corrected chi connectivity index (χ0v) is 13.0. The molecule has 1 atom stereocenters. The summed E-state index contributed by atoms with van der Waals surface area (Å²) in [7, 11) is 0. The number of ether oxygens (including phenoxy) is 1. The summed E-state index contributed by atoms with van der Waals surface area (Å²) in [6.07, 6.45) is 9.09. The molecular formula is C16H27N3O2. The Morgan fingerprint density at radius 2 is 2.05 bits per heavy atom. The molecule has 5 nitrogen and oxygen atoms in total. The number of aromatic nitrogens is 2. The quantitative estimate of drug-likeness (QED) is 0.797. The van der Waals surface area contributed by atoms with Gasteiger partial charge in [0.15, 0.2) is 0 Å². The van der Waals surface area contributed by atoms with E-state index in [4.69, 9.17) is 9.26 Å². The molecule has 5 heteroatoms. The number of rotatable bonds is 8. The maximum atomic E-state index is 5.93. The number of nitrogens with zero attached hydrogens (tertiary/aromatic N) is 2. The molecule has 1 unspecified atom stereocenters. The van der Waals surface area contributed by atoms with Crippen molar-refractivity contribution in [1.29, 1.82) is 0 Å². The minimum absolute atomic E-state index is 0.0104. The van der Waals surface area contributed by atoms with Crippen molar-refractivity contribution in [2.75, 3.05) is 13.2 Å². The van der Waals surface area contributed by atoms with E-state index >= 15 is 0 Å². The van der Waals surface area contributed by atoms with Crippen LogP contribution in [0.3, 0.4) is 0 Å². The van der Waals surface area contributed by atoms with Gasteiger partial charge in [0, 0.05) is 6.61 Å². The SMILES string of the molecule is CCOC(c1noc(CNCC2CC2)n1)C1CCCCC1. The zero-order chi connectivity index (χ0) is 14.5. The van der Waals surface area contributed by atoms with E-state index in [1.807, 2.05) is 6.92 Å². The van der Waals surface area contributed by atoms with E-state index in [2.05, 4.69) is 15.5 Å². The Labute approximate surface area is 126 Å². The summed E-state index contributed by atoms with van der Waals surface area (Å²) < 4.78 is 11.3. The molecule has 0 amide bonds. The third kappa shape index (κ3) is 4.27. The average molecular weight is 293 g/mol. The van der Waals surface area contributed by atoms with E-state index in [1.165, 1.54) is 44.9 Å². The molecule has 1 aromatic heterocycles. The maximum Gasteiger partial charge on any atom is 0.240 e. The molecule has 21 heavy (non-hydrogen) atoms. The first-order valence-corrected chi connectivity index (χ1v) is 8.51. The molecule has 0 spiro atoms. The Bertz CT molecular complexity index is 425. The van der Waals surface area contributed by atoms with Gasteiger partial charge >= 0.3 is 0 Å². The van der Waals surface area contributed by atoms with Crippen molar-refractivity contribution >= 4 is 0 Å². The van der Waals surface area contributed by atoms with Crippen LogP contribution in [0.1, 0.15) is 69.7 Å². The highest BCUT2D eigenvalue weighted by Gasteiger charge is 2.29. The first-order chi connectivity index (χ1) is 10.4. The summed E-state index contributed by atoms with van der Waals surface area (Å²) in [5, 5.41) is 7.56. The Hall–Kier alpha value is -0.940. The molecule has 3 rings (SSSR count). The molecule has 2 saturated carbocycles. The molecule has 1 heterocycles. The average Bonchev–Trinajstić information content (AvgIpc) is 3.23. The van der Waals surface area contributed by atoms with Gasteiger partial charge in [0.05, 0.1) is 6.54 Å². The van der Waals surface area contributed by atoms with Crippen molar-refractivity contribution < 1.29 is 9.26 Å². The van der Waals surface area contributed by atoms with Crippen LogP contribution in [-0.2, 0) is 11.3 Å². The van der Waals surface area contributed by atoms with Gasteiger partial charge in [-0.1, -0.05) is 24.4 Å². The smallest absolute Gasteiger partial charge is 0.240 e. The third-order valence-electron chi connectivity index (χ3n) is 4.57. The summed E-state index contributed by atoms with van der Waals surface area (Å²) in [6.45, 7) is 4.47. The second-order valence-electron chi connectivity index (χ2n) is 6.39. The van der Waals surface area contributed by atoms with Gasteiger partial charge in [-0.25, -0.2) is 0 Å². The van der Waals surface area contributed by atoms with E-state index in [-0.39, 0.29) is 6.10 Å². The molecule has 1 N–H and O–H groups in total. The Morgan fingerprint density at radius 3 is 2.76 bits per heavy atom. The highest BCUT2D eigenvalue weighted by atomic mass is 16.5. The minimum atomic E-state index is 0.0104. The van der Waals surface area contributed by atoms with Gasteiger partial charge in [-0.15, -0.1) is 0 Å². The largest absolute Gasteiger partial charge is 0.370 e. The van der Waals surface area contributed by atoms with Gasteiger partial charge < -0.3 is 14.6 Å². The molecule has 2 aliphatic carbocycles. The van der Waals surface area contributed by atoms with Gasteiger partial charge in [0.2, 0.25) is 11.7 Å². The van der Waals surface area contributed by atoms with Crippen LogP contribution in [0.25, 0.3) is 0 Å². The van der Waals surface area contributed by atoms with Gasteiger partial charge in [0.25, 0.3) is 0 Å². The molecule has 0 radical (unpaired) electrons. The molecule has 2 aliphatic rings. The summed E-state index contributed by atoms with van der Waals surface area (Å²) in [5.74, 6) is 2.84. The fourth-order valence-corrected chi connectivity index (χ4v) is 3.20. The summed E-state index contributed by atoms with van der Waals surface area (Å²) >= 11 is 0. The van der Waals surface area contributed by atoms with Crippen molar-refractivity contribution in [2.45, 2.75) is 64.5 Å². The number of hydrogen-bond donors (Lipinski definition) is 1. The Morgan fingerprint density at radius 1 is 1.24 bits per heavy atom. The molecule has 1 aromatic rings. The van der Waals surface area contributed by atoms with E-state index in [0.717, 1.165) is 18.3 Å². The molecule has 2 fully saturated rings. The number of hydrogen-bond acceptors (Lipinski definition) is 5. The monoisotopic (exact) mass is 293 g/mol. The lowest BCUT2D eigenvalue weighted by molar-refractivity contribution is -0.00145. The van der Waals surface area contributed by atoms with Crippen LogP contribution in [0, 0.1) is 11.8 Å². The summed E-state index contributed by atoms with van der Waals surface area (Å²) in [4.78, 5) is 4.56. The lowest BCUT2D eigenvalue weighted by atomic mass is 9.85. The second kappa shape index (κ2) is 7.36. The Kier molecular flexibility index (Phi) is 5.25. The van der Waals surface area contributed by atoms with E-state index in [1.54, 1.807) is 0 Å². The first kappa shape index (κ1) is 15.0. The van der Waals surface area contributed by atoms with Crippen LogP contribution in [-0.4, -0.2) is 23.3 Å². The van der Waals surface area contributed by atoms with E-state index < -0.39 is 0 Å². The lowest BCUT2D eigenvalue weighted by Crippen LogP contribution is -2.20. The van der Waals surface area contributed by atoms with Crippen molar-refractivity contribution in [3.63, 3.8) is 0 Å². The van der Waals surface area contributed by atoms with Crippen LogP contribution < -0.4 is 5.32 Å². The molecule has 0 aromatic carbocycles. The van der Waals surface area contributed by atoms with Crippen molar-refractivity contribution in [3.8, 4) is 0 Å². The van der Waals surface area contributed by atoms with Crippen LogP contribution in [0.2, 0.25) is 0 Å². The maximum absolute atomic E-state index is 5.93. The predicted molar refractivity (Wildman–Crippen MR) is 79.7 cm³/mol. The summed E-state index contributed by atoms with van der Waals surface area (Å²) in [6, 6.07) is 0. The fraction of sp³-hybridized carbons (Fsp3) is 0.875. The third-order valence-corrected chi connectivity index (χ3v) is 4.57. The molecule has 0 aliphatic heterocycles. The van der Waals surface area contributed by atoms with Crippen LogP contribution in [0.4, 0.5) is 0 Å². The topological polar surface area (TPSA) is 60.2 Å². The van der Waals surface area contributed by atoms with Crippen LogP contribution in [0.15, 0.2) is 4.52 Å². The van der Waals surface area contributed by atoms with E-state index in [9.17, 15) is 0 Å². The highest BCUT2D eigenvalue weighted by molar-refractivity contribution is 4.95. The normalized spacial score (nSPS) is 21.6. The predicted octanol–water partition coefficient (Wildman–Crippen LogP) is 3.23. The first-order valence-electron chi connectivity index (χ1n) is 8.51. The molecular weight excluding hydrogens is 266 g/mol.